The molecule has 0 aromatic rings. The van der Waals surface area contributed by atoms with Crippen molar-refractivity contribution in [2.24, 2.45) is 4.99 Å². The van der Waals surface area contributed by atoms with Gasteiger partial charge in [-0.2, -0.15) is 0 Å². The molecule has 1 atom stereocenters. The second-order valence-electron chi connectivity index (χ2n) is 4.13. The van der Waals surface area contributed by atoms with Gasteiger partial charge in [0.25, 0.3) is 0 Å². The van der Waals surface area contributed by atoms with E-state index in [1.807, 2.05) is 0 Å². The number of hydrogen-bond acceptors (Lipinski definition) is 3. The fourth-order valence-electron chi connectivity index (χ4n) is 1.49. The molecule has 0 fully saturated rings. The third-order valence-electron chi connectivity index (χ3n) is 2.33. The molecule has 0 heterocycles. The predicted molar refractivity (Wildman–Crippen MR) is 62.5 cm³/mol. The maximum Gasteiger partial charge on any atom is 1.00 e. The van der Waals surface area contributed by atoms with Crippen LogP contribution in [0.25, 0.3) is 0 Å². The predicted octanol–water partition coefficient (Wildman–Crippen LogP) is -1.03. The van der Waals surface area contributed by atoms with E-state index in [0.717, 1.165) is 19.3 Å². The summed E-state index contributed by atoms with van der Waals surface area (Å²) in [6.07, 6.45) is 5.86. The minimum Gasteiger partial charge on any atom is -0.862 e. The molecule has 0 bridgehead atoms. The van der Waals surface area contributed by atoms with E-state index in [1.165, 1.54) is 12.8 Å². The summed E-state index contributed by atoms with van der Waals surface area (Å²) in [5, 5.41) is 19.8. The molecule has 0 radical (unpaired) electrons. The van der Waals surface area contributed by atoms with E-state index >= 15 is 0 Å². The molecule has 0 aliphatic rings. The summed E-state index contributed by atoms with van der Waals surface area (Å²) in [6, 6.07) is -0.402. The van der Waals surface area contributed by atoms with Gasteiger partial charge in [-0.25, -0.2) is 0 Å². The third kappa shape index (κ3) is 13.9. The molecule has 0 saturated heterocycles. The third-order valence-corrected chi connectivity index (χ3v) is 2.33. The van der Waals surface area contributed by atoms with Gasteiger partial charge in [0, 0.05) is 0 Å². The van der Waals surface area contributed by atoms with E-state index in [1.54, 1.807) is 6.92 Å². The molecule has 17 heavy (non-hydrogen) atoms. The van der Waals surface area contributed by atoms with Crippen molar-refractivity contribution in [1.29, 1.82) is 0 Å². The van der Waals surface area contributed by atoms with Gasteiger partial charge < -0.3 is 15.2 Å². The maximum atomic E-state index is 11.3. The number of nitrogens with zero attached hydrogens (tertiary/aromatic N) is 1. The molecule has 0 spiro atoms. The van der Waals surface area contributed by atoms with Crippen molar-refractivity contribution in [1.82, 2.24) is 0 Å². The zero-order valence-electron chi connectivity index (χ0n) is 11.2. The number of aliphatic imine (C=N–C) groups is 1. The Balaban J connectivity index is 0. The van der Waals surface area contributed by atoms with Crippen LogP contribution >= 0.6 is 0 Å². The van der Waals surface area contributed by atoms with Crippen LogP contribution in [-0.4, -0.2) is 23.0 Å². The van der Waals surface area contributed by atoms with Gasteiger partial charge >= 0.3 is 35.5 Å². The maximum absolute atomic E-state index is 11.3. The van der Waals surface area contributed by atoms with Crippen molar-refractivity contribution >= 4 is 11.9 Å². The quantitative estimate of drug-likeness (QED) is 0.246. The van der Waals surface area contributed by atoms with Gasteiger partial charge in [-0.15, -0.1) is 0 Å². The molecule has 0 aromatic carbocycles. The number of rotatable bonds is 9. The van der Waals surface area contributed by atoms with Crippen LogP contribution in [0.4, 0.5) is 0 Å². The topological polar surface area (TPSA) is 72.7 Å². The van der Waals surface area contributed by atoms with Gasteiger partial charge in [-0.3, -0.25) is 4.79 Å². The molecule has 0 saturated carbocycles. The summed E-state index contributed by atoms with van der Waals surface area (Å²) >= 11 is 0. The molecule has 0 amide bonds. The molecular weight excluding hydrogens is 229 g/mol. The summed E-state index contributed by atoms with van der Waals surface area (Å²) < 4.78 is 0. The first-order valence-electron chi connectivity index (χ1n) is 6.01. The van der Waals surface area contributed by atoms with Gasteiger partial charge in [0.2, 0.25) is 0 Å². The smallest absolute Gasteiger partial charge is 0.862 e. The molecule has 1 unspecified atom stereocenters. The monoisotopic (exact) mass is 251 g/mol. The van der Waals surface area contributed by atoms with Crippen LogP contribution in [0.3, 0.4) is 0 Å². The second kappa shape index (κ2) is 12.4. The Morgan fingerprint density at radius 1 is 1.29 bits per heavy atom. The summed E-state index contributed by atoms with van der Waals surface area (Å²) in [7, 11) is 0. The SMILES string of the molecule is CCCCCCCC([O-])=NC(C)CC(=O)O.[Na+]. The Morgan fingerprint density at radius 3 is 2.41 bits per heavy atom. The van der Waals surface area contributed by atoms with Crippen molar-refractivity contribution in [2.75, 3.05) is 0 Å². The molecule has 1 N–H and O–H groups in total. The van der Waals surface area contributed by atoms with Crippen molar-refractivity contribution in [2.45, 2.75) is 64.8 Å². The standard InChI is InChI=1S/C12H23NO3.Na/c1-3-4-5-6-7-8-11(14)13-10(2)9-12(15)16;/h10H,3-9H2,1-2H3,(H,13,14)(H,15,16);/q;+1/p-1. The van der Waals surface area contributed by atoms with E-state index in [0.29, 0.717) is 6.42 Å². The van der Waals surface area contributed by atoms with Crippen molar-refractivity contribution < 1.29 is 44.6 Å². The second-order valence-corrected chi connectivity index (χ2v) is 4.13. The average molecular weight is 251 g/mol. The van der Waals surface area contributed by atoms with E-state index in [9.17, 15) is 9.90 Å². The summed E-state index contributed by atoms with van der Waals surface area (Å²) in [6.45, 7) is 3.80. The van der Waals surface area contributed by atoms with Crippen LogP contribution in [0.1, 0.15) is 58.8 Å². The van der Waals surface area contributed by atoms with Gasteiger partial charge in [-0.1, -0.05) is 32.6 Å². The van der Waals surface area contributed by atoms with Crippen LogP contribution in [0, 0.1) is 0 Å². The van der Waals surface area contributed by atoms with E-state index in [4.69, 9.17) is 5.11 Å². The van der Waals surface area contributed by atoms with Gasteiger partial charge in [-0.05, 0) is 25.7 Å². The van der Waals surface area contributed by atoms with Gasteiger partial charge in [0.1, 0.15) is 0 Å². The number of unbranched alkanes of at least 4 members (excludes halogenated alkanes) is 4. The average Bonchev–Trinajstić information content (AvgIpc) is 2.15. The Bertz CT molecular complexity index is 232. The van der Waals surface area contributed by atoms with E-state index in [2.05, 4.69) is 11.9 Å². The minimum atomic E-state index is -0.910. The zero-order valence-corrected chi connectivity index (χ0v) is 13.2. The molecule has 94 valence electrons. The molecule has 0 aliphatic carbocycles. The molecule has 0 rings (SSSR count). The Labute approximate surface area is 126 Å². The number of carboxylic acid groups (broad SMARTS) is 1. The molecule has 4 nitrogen and oxygen atoms in total. The van der Waals surface area contributed by atoms with Crippen LogP contribution in [0.5, 0.6) is 0 Å². The minimum absolute atomic E-state index is 0. The largest absolute Gasteiger partial charge is 1.00 e. The summed E-state index contributed by atoms with van der Waals surface area (Å²) in [5.74, 6) is -1.07. The first-order chi connectivity index (χ1) is 7.56. The van der Waals surface area contributed by atoms with Crippen LogP contribution < -0.4 is 34.7 Å². The van der Waals surface area contributed by atoms with E-state index in [-0.39, 0.29) is 41.9 Å². The normalized spacial score (nSPS) is 12.9. The Hall–Kier alpha value is -0.0600. The van der Waals surface area contributed by atoms with Crippen LogP contribution in [0.2, 0.25) is 0 Å². The Morgan fingerprint density at radius 2 is 1.88 bits per heavy atom. The molecule has 5 heteroatoms. The van der Waals surface area contributed by atoms with Crippen molar-refractivity contribution in [3.05, 3.63) is 0 Å². The van der Waals surface area contributed by atoms with E-state index < -0.39 is 12.0 Å². The summed E-state index contributed by atoms with van der Waals surface area (Å²) in [5.41, 5.74) is 0. The fraction of sp³-hybridized carbons (Fsp3) is 0.833. The molecule has 0 aliphatic heterocycles. The van der Waals surface area contributed by atoms with Crippen LogP contribution in [0.15, 0.2) is 4.99 Å². The van der Waals surface area contributed by atoms with Crippen molar-refractivity contribution in [3.8, 4) is 0 Å². The van der Waals surface area contributed by atoms with Crippen LogP contribution in [-0.2, 0) is 4.79 Å². The van der Waals surface area contributed by atoms with Gasteiger partial charge in [0.15, 0.2) is 0 Å². The first-order valence-corrected chi connectivity index (χ1v) is 6.01. The number of hydrogen-bond donors (Lipinski definition) is 1. The summed E-state index contributed by atoms with van der Waals surface area (Å²) in [4.78, 5) is 14.2. The molecule has 0 aromatic heterocycles. The first kappa shape index (κ1) is 19.3. The fourth-order valence-corrected chi connectivity index (χ4v) is 1.49. The number of carbonyl (C=O) groups is 1. The van der Waals surface area contributed by atoms with Gasteiger partial charge in [0.05, 0.1) is 12.5 Å². The Kier molecular flexibility index (Phi) is 14.1. The number of aliphatic carboxylic acids is 1. The zero-order chi connectivity index (χ0) is 12.4. The van der Waals surface area contributed by atoms with Crippen molar-refractivity contribution in [3.63, 3.8) is 0 Å². The molecular formula is C12H22NNaO3. The number of carboxylic acids is 1.